The molecule has 0 spiro atoms. The zero-order valence-electron chi connectivity index (χ0n) is 13.6. The van der Waals surface area contributed by atoms with Crippen LogP contribution >= 0.6 is 0 Å². The van der Waals surface area contributed by atoms with Crippen molar-refractivity contribution in [2.24, 2.45) is 4.99 Å². The maximum atomic E-state index is 11.9. The van der Waals surface area contributed by atoms with Crippen LogP contribution in [-0.4, -0.2) is 21.7 Å². The number of cyclic esters (lactones) is 1. The molecule has 0 fully saturated rings. The first-order valence-electron chi connectivity index (χ1n) is 7.62. The zero-order valence-corrected chi connectivity index (χ0v) is 13.6. The van der Waals surface area contributed by atoms with E-state index in [1.807, 2.05) is 0 Å². The van der Waals surface area contributed by atoms with Crippen LogP contribution in [-0.2, 0) is 9.53 Å². The van der Waals surface area contributed by atoms with Gasteiger partial charge in [-0.15, -0.1) is 0 Å². The van der Waals surface area contributed by atoms with Crippen LogP contribution in [0.4, 0.5) is 11.4 Å². The number of aliphatic imine (C=N–C) groups is 1. The predicted octanol–water partition coefficient (Wildman–Crippen LogP) is 3.51. The molecule has 1 heterocycles. The van der Waals surface area contributed by atoms with Gasteiger partial charge in [0.25, 0.3) is 11.4 Å². The summed E-state index contributed by atoms with van der Waals surface area (Å²) in [4.78, 5) is 36.5. The van der Waals surface area contributed by atoms with Gasteiger partial charge in [-0.2, -0.15) is 0 Å². The molecule has 2 aromatic rings. The molecule has 134 valence electrons. The summed E-state index contributed by atoms with van der Waals surface area (Å²) < 4.78 is 5.01. The van der Waals surface area contributed by atoms with E-state index in [9.17, 15) is 25.0 Å². The molecule has 9 heteroatoms. The lowest BCUT2D eigenvalue weighted by atomic mass is 10.1. The molecule has 0 N–H and O–H groups in total. The van der Waals surface area contributed by atoms with Crippen molar-refractivity contribution in [3.05, 3.63) is 91.7 Å². The number of carbonyl (C=O) groups excluding carboxylic acids is 1. The number of nitro benzene ring substituents is 2. The zero-order chi connectivity index (χ0) is 19.4. The maximum Gasteiger partial charge on any atom is 0.363 e. The van der Waals surface area contributed by atoms with Crippen molar-refractivity contribution >= 4 is 35.4 Å². The number of carbonyl (C=O) groups is 1. The highest BCUT2D eigenvalue weighted by Crippen LogP contribution is 2.20. The third kappa shape index (κ3) is 4.28. The Morgan fingerprint density at radius 2 is 1.48 bits per heavy atom. The SMILES string of the molecule is O=C1OC(/C=C/c2cccc([N+](=O)[O-])c2)=NC/1=C/c1cccc([N+](=O)[O-])c1. The molecule has 0 bridgehead atoms. The van der Waals surface area contributed by atoms with E-state index in [4.69, 9.17) is 4.74 Å². The van der Waals surface area contributed by atoms with Gasteiger partial charge in [0.1, 0.15) is 0 Å². The summed E-state index contributed by atoms with van der Waals surface area (Å²) in [5.41, 5.74) is 0.802. The van der Waals surface area contributed by atoms with E-state index in [-0.39, 0.29) is 23.0 Å². The molecule has 0 saturated heterocycles. The number of nitro groups is 2. The minimum Gasteiger partial charge on any atom is -0.403 e. The van der Waals surface area contributed by atoms with Crippen LogP contribution in [0.5, 0.6) is 0 Å². The summed E-state index contributed by atoms with van der Waals surface area (Å²) >= 11 is 0. The van der Waals surface area contributed by atoms with Crippen molar-refractivity contribution in [3.8, 4) is 0 Å². The average molecular weight is 365 g/mol. The van der Waals surface area contributed by atoms with E-state index in [1.165, 1.54) is 54.6 Å². The molecule has 0 radical (unpaired) electrons. The Balaban J connectivity index is 1.82. The smallest absolute Gasteiger partial charge is 0.363 e. The lowest BCUT2D eigenvalue weighted by molar-refractivity contribution is -0.385. The Morgan fingerprint density at radius 3 is 2.11 bits per heavy atom. The molecule has 0 amide bonds. The molecule has 0 unspecified atom stereocenters. The fraction of sp³-hybridized carbons (Fsp3) is 0. The molecule has 3 rings (SSSR count). The van der Waals surface area contributed by atoms with Crippen molar-refractivity contribution in [2.75, 3.05) is 0 Å². The number of hydrogen-bond donors (Lipinski definition) is 0. The molecule has 1 aliphatic heterocycles. The number of ether oxygens (including phenoxy) is 1. The highest BCUT2D eigenvalue weighted by molar-refractivity contribution is 6.11. The quantitative estimate of drug-likeness (QED) is 0.345. The van der Waals surface area contributed by atoms with Crippen molar-refractivity contribution in [1.82, 2.24) is 0 Å². The topological polar surface area (TPSA) is 125 Å². The van der Waals surface area contributed by atoms with Crippen LogP contribution < -0.4 is 0 Å². The maximum absolute atomic E-state index is 11.9. The normalized spacial score (nSPS) is 15.0. The highest BCUT2D eigenvalue weighted by Gasteiger charge is 2.21. The van der Waals surface area contributed by atoms with Gasteiger partial charge in [0.2, 0.25) is 5.90 Å². The van der Waals surface area contributed by atoms with Gasteiger partial charge >= 0.3 is 5.97 Å². The van der Waals surface area contributed by atoms with E-state index < -0.39 is 15.8 Å². The minimum atomic E-state index is -0.694. The fourth-order valence-electron chi connectivity index (χ4n) is 2.29. The van der Waals surface area contributed by atoms with E-state index in [2.05, 4.69) is 4.99 Å². The number of nitrogens with zero attached hydrogens (tertiary/aromatic N) is 3. The van der Waals surface area contributed by atoms with Gasteiger partial charge in [0.05, 0.1) is 9.85 Å². The largest absolute Gasteiger partial charge is 0.403 e. The first-order valence-corrected chi connectivity index (χ1v) is 7.62. The molecular weight excluding hydrogens is 354 g/mol. The number of rotatable bonds is 5. The second-order valence-electron chi connectivity index (χ2n) is 5.41. The Hall–Kier alpha value is -4.14. The summed E-state index contributed by atoms with van der Waals surface area (Å²) in [7, 11) is 0. The third-order valence-electron chi connectivity index (χ3n) is 3.52. The Kier molecular flexibility index (Phi) is 4.84. The molecule has 0 aromatic heterocycles. The second-order valence-corrected chi connectivity index (χ2v) is 5.41. The Morgan fingerprint density at radius 1 is 0.889 bits per heavy atom. The summed E-state index contributed by atoms with van der Waals surface area (Å²) in [6.45, 7) is 0. The van der Waals surface area contributed by atoms with Crippen LogP contribution in [0.2, 0.25) is 0 Å². The van der Waals surface area contributed by atoms with Crippen molar-refractivity contribution in [2.45, 2.75) is 0 Å². The summed E-state index contributed by atoms with van der Waals surface area (Å²) in [5.74, 6) is -0.677. The first kappa shape index (κ1) is 17.7. The van der Waals surface area contributed by atoms with E-state index >= 15 is 0 Å². The first-order chi connectivity index (χ1) is 12.9. The van der Waals surface area contributed by atoms with Gasteiger partial charge in [-0.05, 0) is 23.3 Å². The summed E-state index contributed by atoms with van der Waals surface area (Å²) in [6.07, 6.45) is 4.31. The molecular formula is C18H11N3O6. The van der Waals surface area contributed by atoms with Crippen molar-refractivity contribution in [3.63, 3.8) is 0 Å². The molecule has 0 atom stereocenters. The van der Waals surface area contributed by atoms with Crippen molar-refractivity contribution < 1.29 is 19.4 Å². The molecule has 27 heavy (non-hydrogen) atoms. The van der Waals surface area contributed by atoms with Gasteiger partial charge in [-0.25, -0.2) is 9.79 Å². The Bertz CT molecular complexity index is 1040. The number of benzene rings is 2. The lowest BCUT2D eigenvalue weighted by Crippen LogP contribution is -2.01. The van der Waals surface area contributed by atoms with Crippen LogP contribution in [0.15, 0.2) is 65.3 Å². The lowest BCUT2D eigenvalue weighted by Gasteiger charge is -1.95. The van der Waals surface area contributed by atoms with Gasteiger partial charge in [0.15, 0.2) is 5.70 Å². The molecule has 2 aromatic carbocycles. The van der Waals surface area contributed by atoms with Gasteiger partial charge in [0, 0.05) is 30.3 Å². The molecule has 1 aliphatic rings. The van der Waals surface area contributed by atoms with Crippen LogP contribution in [0, 0.1) is 20.2 Å². The molecule has 0 saturated carbocycles. The Labute approximate surface area is 152 Å². The number of hydrogen-bond acceptors (Lipinski definition) is 7. The van der Waals surface area contributed by atoms with E-state index in [0.29, 0.717) is 11.1 Å². The van der Waals surface area contributed by atoms with E-state index in [1.54, 1.807) is 12.1 Å². The van der Waals surface area contributed by atoms with Crippen LogP contribution in [0.1, 0.15) is 11.1 Å². The summed E-state index contributed by atoms with van der Waals surface area (Å²) in [5, 5.41) is 21.6. The van der Waals surface area contributed by atoms with Gasteiger partial charge in [-0.3, -0.25) is 20.2 Å². The number of esters is 1. The van der Waals surface area contributed by atoms with Gasteiger partial charge in [-0.1, -0.05) is 24.3 Å². The summed E-state index contributed by atoms with van der Waals surface area (Å²) in [6, 6.07) is 11.7. The molecule has 9 nitrogen and oxygen atoms in total. The predicted molar refractivity (Wildman–Crippen MR) is 96.7 cm³/mol. The third-order valence-corrected chi connectivity index (χ3v) is 3.52. The second kappa shape index (κ2) is 7.40. The monoisotopic (exact) mass is 365 g/mol. The van der Waals surface area contributed by atoms with E-state index in [0.717, 1.165) is 0 Å². The fourth-order valence-corrected chi connectivity index (χ4v) is 2.29. The average Bonchev–Trinajstić information content (AvgIpc) is 3.00. The van der Waals surface area contributed by atoms with Crippen LogP contribution in [0.25, 0.3) is 12.2 Å². The highest BCUT2D eigenvalue weighted by atomic mass is 16.6. The van der Waals surface area contributed by atoms with Crippen molar-refractivity contribution in [1.29, 1.82) is 0 Å². The standard InChI is InChI=1S/C18H11N3O6/c22-18-16(11-13-4-2-6-15(10-13)21(25)26)19-17(27-18)8-7-12-3-1-5-14(9-12)20(23)24/h1-11H/b8-7+,16-11+. The van der Waals surface area contributed by atoms with Gasteiger partial charge < -0.3 is 4.74 Å². The number of non-ortho nitro benzene ring substituents is 2. The minimum absolute atomic E-state index is 0.00538. The molecule has 0 aliphatic carbocycles. The van der Waals surface area contributed by atoms with Crippen LogP contribution in [0.3, 0.4) is 0 Å².